The second-order valence-electron chi connectivity index (χ2n) is 24.1. The summed E-state index contributed by atoms with van der Waals surface area (Å²) >= 11 is 0. The second kappa shape index (κ2) is 70.4. The van der Waals surface area contributed by atoms with Crippen LogP contribution in [-0.4, -0.2) is 96.7 Å². The molecule has 0 rings (SSSR count). The fraction of sp³-hybridized carbons (Fsp3) is 0.646. The van der Waals surface area contributed by atoms with Gasteiger partial charge in [0, 0.05) is 19.3 Å². The molecule has 0 aliphatic rings. The minimum absolute atomic E-state index is 0.0294. The molecule has 0 aliphatic heterocycles. The Morgan fingerprint density at radius 2 is 0.602 bits per heavy atom. The average molecular weight is 1410 g/mol. The molecule has 0 aromatic heterocycles. The molecule has 0 bridgehead atoms. The summed E-state index contributed by atoms with van der Waals surface area (Å²) in [5.74, 6) is -2.44. The van der Waals surface area contributed by atoms with Gasteiger partial charge in [-0.25, -0.2) is 9.13 Å². The van der Waals surface area contributed by atoms with Crippen molar-refractivity contribution in [2.75, 3.05) is 39.6 Å². The molecule has 5 unspecified atom stereocenters. The smallest absolute Gasteiger partial charge is 0.462 e. The van der Waals surface area contributed by atoms with E-state index >= 15 is 0 Å². The van der Waals surface area contributed by atoms with Crippen LogP contribution in [0.1, 0.15) is 272 Å². The van der Waals surface area contributed by atoms with Gasteiger partial charge in [-0.3, -0.25) is 37.3 Å². The highest BCUT2D eigenvalue weighted by atomic mass is 31.2. The number of rotatable bonds is 68. The minimum Gasteiger partial charge on any atom is -0.462 e. The first kappa shape index (κ1) is 92.9. The number of esters is 4. The molecule has 0 aromatic carbocycles. The van der Waals surface area contributed by atoms with Crippen LogP contribution < -0.4 is 0 Å². The lowest BCUT2D eigenvalue weighted by Crippen LogP contribution is -2.30. The number of carbonyl (C=O) groups excluding carboxylic acids is 4. The molecule has 0 fully saturated rings. The van der Waals surface area contributed by atoms with Crippen LogP contribution in [0.4, 0.5) is 0 Å². The van der Waals surface area contributed by atoms with Gasteiger partial charge in [-0.1, -0.05) is 283 Å². The summed E-state index contributed by atoms with van der Waals surface area (Å²) in [6.45, 7) is 4.37. The largest absolute Gasteiger partial charge is 0.472 e. The summed E-state index contributed by atoms with van der Waals surface area (Å²) in [6.07, 6.45) is 79.0. The molecule has 0 radical (unpaired) electrons. The number of unbranched alkanes of at least 4 members (excludes halogenated alkanes) is 19. The molecule has 3 N–H and O–H groups in total. The molecule has 0 saturated heterocycles. The molecule has 5 atom stereocenters. The zero-order chi connectivity index (χ0) is 71.8. The Kier molecular flexibility index (Phi) is 66.7. The molecule has 17 nitrogen and oxygen atoms in total. The number of phosphoric ester groups is 2. The van der Waals surface area contributed by atoms with Crippen molar-refractivity contribution in [2.45, 2.75) is 290 Å². The third-order valence-corrected chi connectivity index (χ3v) is 16.7. The monoisotopic (exact) mass is 1410 g/mol. The lowest BCUT2D eigenvalue weighted by molar-refractivity contribution is -0.161. The predicted octanol–water partition coefficient (Wildman–Crippen LogP) is 21.1. The quantitative estimate of drug-likeness (QED) is 0.0169. The Balaban J connectivity index is 5.44. The van der Waals surface area contributed by atoms with Crippen LogP contribution in [0.2, 0.25) is 0 Å². The van der Waals surface area contributed by atoms with E-state index in [1.54, 1.807) is 6.08 Å². The van der Waals surface area contributed by atoms with E-state index in [2.05, 4.69) is 131 Å². The van der Waals surface area contributed by atoms with Crippen molar-refractivity contribution in [3.8, 4) is 0 Å². The van der Waals surface area contributed by atoms with Gasteiger partial charge in [0.05, 0.1) is 32.8 Å². The topological polar surface area (TPSA) is 237 Å². The number of phosphoric acid groups is 2. The molecule has 98 heavy (non-hydrogen) atoms. The lowest BCUT2D eigenvalue weighted by Gasteiger charge is -2.21. The standard InChI is InChI=1S/C79H130O17P2/c1-5-9-13-17-21-25-29-32-34-35-36-37-39-42-45-48-52-56-60-64-77(82)89-69-74(95-78(83)65-61-57-53-49-43-28-24-20-16-12-8-4)71-93-97(85,86)91-67-73(80)68-92-98(87,88)94-72-75(96-79(84)66-62-58-54-50-46-40-31-27-23-19-15-11-7-3)70-90-76(81)63-59-55-51-47-44-41-38-33-30-26-22-18-14-10-6-2/h9-10,13-14,20-22,24-26,32-34,36-38,42,44-45,47,52,55-56,59,73-75,80H,5-8,11-12,15-19,23,27-31,35,39-41,43,46,48-51,53-54,57-58,60-72H2,1-4H3,(H,85,86)(H,87,88)/b13-9-,14-10-,24-20-,25-21-,26-22-,34-32-,37-36-,38-33-,45-42-,47-44-,56-52-,59-55-. The highest BCUT2D eigenvalue weighted by Gasteiger charge is 2.30. The van der Waals surface area contributed by atoms with Crippen LogP contribution in [0, 0.1) is 0 Å². The summed E-state index contributed by atoms with van der Waals surface area (Å²) < 4.78 is 68.1. The molecular weight excluding hydrogens is 1280 g/mol. The van der Waals surface area contributed by atoms with Crippen molar-refractivity contribution in [3.63, 3.8) is 0 Å². The normalized spacial score (nSPS) is 14.8. The molecule has 0 aliphatic carbocycles. The van der Waals surface area contributed by atoms with E-state index in [0.717, 1.165) is 128 Å². The molecule has 19 heteroatoms. The van der Waals surface area contributed by atoms with Gasteiger partial charge in [0.2, 0.25) is 0 Å². The van der Waals surface area contributed by atoms with Crippen LogP contribution >= 0.6 is 15.6 Å². The SMILES string of the molecule is CC/C=C\C/C=C\C/C=C\C/C=C\C/C=C\C/C=C\CCC(=O)OCC(COP(=O)(O)OCC(O)COP(=O)(O)OCC(COC(=O)C/C=C\C/C=C\C/C=C\C/C=C\C/C=C\CC)OC(=O)CCCCCCCCCCCCCCC)OC(=O)CCCCCCC/C=C\CCCC. The van der Waals surface area contributed by atoms with Crippen LogP contribution in [0.5, 0.6) is 0 Å². The van der Waals surface area contributed by atoms with Crippen molar-refractivity contribution in [3.05, 3.63) is 146 Å². The molecule has 0 saturated carbocycles. The molecule has 0 aromatic rings. The van der Waals surface area contributed by atoms with Gasteiger partial charge in [0.15, 0.2) is 12.2 Å². The third-order valence-electron chi connectivity index (χ3n) is 14.8. The minimum atomic E-state index is -5.00. The summed E-state index contributed by atoms with van der Waals surface area (Å²) in [6, 6.07) is 0. The number of hydrogen-bond donors (Lipinski definition) is 3. The van der Waals surface area contributed by atoms with Gasteiger partial charge >= 0.3 is 39.5 Å². The summed E-state index contributed by atoms with van der Waals surface area (Å²) in [4.78, 5) is 72.6. The Morgan fingerprint density at radius 3 is 0.980 bits per heavy atom. The lowest BCUT2D eigenvalue weighted by atomic mass is 10.0. The Morgan fingerprint density at radius 1 is 0.306 bits per heavy atom. The van der Waals surface area contributed by atoms with Crippen LogP contribution in [0.3, 0.4) is 0 Å². The van der Waals surface area contributed by atoms with Gasteiger partial charge < -0.3 is 33.8 Å². The van der Waals surface area contributed by atoms with Crippen molar-refractivity contribution in [1.82, 2.24) is 0 Å². The van der Waals surface area contributed by atoms with Crippen LogP contribution in [-0.2, 0) is 65.4 Å². The Hall–Kier alpha value is -5.06. The van der Waals surface area contributed by atoms with E-state index in [1.165, 1.54) is 57.8 Å². The second-order valence-corrected chi connectivity index (χ2v) is 27.0. The van der Waals surface area contributed by atoms with Crippen molar-refractivity contribution < 1.29 is 80.2 Å². The van der Waals surface area contributed by atoms with Gasteiger partial charge in [-0.2, -0.15) is 0 Å². The first-order chi connectivity index (χ1) is 47.7. The van der Waals surface area contributed by atoms with E-state index in [1.807, 2.05) is 36.5 Å². The van der Waals surface area contributed by atoms with Gasteiger partial charge in [-0.05, 0) is 109 Å². The number of carbonyl (C=O) groups is 4. The van der Waals surface area contributed by atoms with Crippen molar-refractivity contribution >= 4 is 39.5 Å². The average Bonchev–Trinajstić information content (AvgIpc) is 1.00. The number of hydrogen-bond acceptors (Lipinski definition) is 15. The molecule has 0 heterocycles. The maximum absolute atomic E-state index is 13.0. The zero-order valence-electron chi connectivity index (χ0n) is 60.7. The molecule has 558 valence electrons. The summed E-state index contributed by atoms with van der Waals surface area (Å²) in [7, 11) is -9.99. The Labute approximate surface area is 592 Å². The van der Waals surface area contributed by atoms with Crippen molar-refractivity contribution in [1.29, 1.82) is 0 Å². The summed E-state index contributed by atoms with van der Waals surface area (Å²) in [5.41, 5.74) is 0. The van der Waals surface area contributed by atoms with E-state index in [9.17, 15) is 43.2 Å². The first-order valence-electron chi connectivity index (χ1n) is 37.1. The molecular formula is C79H130O17P2. The van der Waals surface area contributed by atoms with Gasteiger partial charge in [-0.15, -0.1) is 0 Å². The highest BCUT2D eigenvalue weighted by Crippen LogP contribution is 2.45. The number of aliphatic hydroxyl groups excluding tert-OH is 1. The van der Waals surface area contributed by atoms with E-state index in [0.29, 0.717) is 32.1 Å². The number of ether oxygens (including phenoxy) is 4. The van der Waals surface area contributed by atoms with E-state index in [-0.39, 0.29) is 25.7 Å². The highest BCUT2D eigenvalue weighted by molar-refractivity contribution is 7.47. The molecule has 0 spiro atoms. The Bertz CT molecular complexity index is 2430. The molecule has 0 amide bonds. The van der Waals surface area contributed by atoms with Gasteiger partial charge in [0.1, 0.15) is 19.3 Å². The van der Waals surface area contributed by atoms with Crippen LogP contribution in [0.15, 0.2) is 146 Å². The zero-order valence-corrected chi connectivity index (χ0v) is 62.4. The van der Waals surface area contributed by atoms with Crippen LogP contribution in [0.25, 0.3) is 0 Å². The predicted molar refractivity (Wildman–Crippen MR) is 399 cm³/mol. The first-order valence-corrected chi connectivity index (χ1v) is 40.1. The maximum Gasteiger partial charge on any atom is 0.472 e. The number of allylic oxidation sites excluding steroid dienone is 23. The third kappa shape index (κ3) is 69.4. The van der Waals surface area contributed by atoms with E-state index < -0.39 is 97.5 Å². The number of aliphatic hydroxyl groups is 1. The van der Waals surface area contributed by atoms with E-state index in [4.69, 9.17) is 37.0 Å². The fourth-order valence-corrected chi connectivity index (χ4v) is 10.8. The maximum atomic E-state index is 13.0. The summed E-state index contributed by atoms with van der Waals surface area (Å²) in [5, 5.41) is 10.6. The van der Waals surface area contributed by atoms with Gasteiger partial charge in [0.25, 0.3) is 0 Å². The van der Waals surface area contributed by atoms with Crippen molar-refractivity contribution in [2.24, 2.45) is 0 Å². The fourth-order valence-electron chi connectivity index (χ4n) is 9.24.